The summed E-state index contributed by atoms with van der Waals surface area (Å²) in [7, 11) is 0. The molecule has 0 saturated carbocycles. The topological polar surface area (TPSA) is 74.2 Å². The van der Waals surface area contributed by atoms with Gasteiger partial charge in [0.05, 0.1) is 26.4 Å². The number of nitrogens with zero attached hydrogens (tertiary/aromatic N) is 1. The molecule has 0 radical (unpaired) electrons. The molecule has 0 spiro atoms. The maximum absolute atomic E-state index is 10.6. The van der Waals surface area contributed by atoms with Crippen LogP contribution in [0.5, 0.6) is 0 Å². The van der Waals surface area contributed by atoms with Crippen molar-refractivity contribution in [3.8, 4) is 0 Å². The van der Waals surface area contributed by atoms with Crippen LogP contribution in [0.25, 0.3) is 0 Å². The third-order valence-electron chi connectivity index (χ3n) is 1.44. The quantitative estimate of drug-likeness (QED) is 0.246. The van der Waals surface area contributed by atoms with Gasteiger partial charge in [-0.05, 0) is 6.08 Å². The molecule has 6 nitrogen and oxygen atoms in total. The molecule has 0 rings (SSSR count). The van der Waals surface area contributed by atoms with Crippen LogP contribution in [0.2, 0.25) is 0 Å². The largest absolute Gasteiger partial charge is 0.762 e. The molecule has 0 aromatic carbocycles. The molecule has 0 fully saturated rings. The van der Waals surface area contributed by atoms with Crippen LogP contribution >= 0.6 is 0 Å². The number of hydrogen-bond acceptors (Lipinski definition) is 6. The summed E-state index contributed by atoms with van der Waals surface area (Å²) >= 11 is 0. The molecule has 6 heteroatoms. The first-order valence-electron chi connectivity index (χ1n) is 4.78. The zero-order valence-electron chi connectivity index (χ0n) is 8.92. The van der Waals surface area contributed by atoms with Crippen LogP contribution in [-0.2, 0) is 14.3 Å². The molecule has 15 heavy (non-hydrogen) atoms. The van der Waals surface area contributed by atoms with Gasteiger partial charge >= 0.3 is 0 Å². The fourth-order valence-corrected chi connectivity index (χ4v) is 0.687. The molecule has 0 bridgehead atoms. The van der Waals surface area contributed by atoms with E-state index in [1.54, 1.807) is 6.92 Å². The average Bonchev–Trinajstić information content (AvgIpc) is 2.26. The molecule has 0 amide bonds. The molecule has 0 heterocycles. The number of aliphatic hydroxyl groups excluding tert-OH is 1. The van der Waals surface area contributed by atoms with Gasteiger partial charge in [0.2, 0.25) is 0 Å². The molecule has 1 atom stereocenters. The lowest BCUT2D eigenvalue weighted by Gasteiger charge is -2.24. The maximum Gasteiger partial charge on any atom is 0.173 e. The lowest BCUT2D eigenvalue weighted by Crippen LogP contribution is -2.20. The van der Waals surface area contributed by atoms with Crippen LogP contribution in [0.1, 0.15) is 6.92 Å². The van der Waals surface area contributed by atoms with Gasteiger partial charge in [-0.25, -0.2) is 0 Å². The molecule has 0 aromatic heterocycles. The van der Waals surface area contributed by atoms with E-state index in [9.17, 15) is 5.21 Å². The predicted molar refractivity (Wildman–Crippen MR) is 54.7 cm³/mol. The normalized spacial score (nSPS) is 13.1. The highest BCUT2D eigenvalue weighted by molar-refractivity contribution is 4.69. The molecule has 0 aliphatic rings. The number of rotatable bonds is 10. The van der Waals surface area contributed by atoms with E-state index in [0.717, 1.165) is 0 Å². The Labute approximate surface area is 89.6 Å². The Kier molecular flexibility index (Phi) is 9.70. The van der Waals surface area contributed by atoms with Crippen molar-refractivity contribution < 1.29 is 19.4 Å². The molecule has 90 valence electrons. The second kappa shape index (κ2) is 10.0. The highest BCUT2D eigenvalue weighted by Crippen LogP contribution is 1.89. The first-order chi connectivity index (χ1) is 7.20. The first-order valence-corrected chi connectivity index (χ1v) is 4.78. The first kappa shape index (κ1) is 14.5. The lowest BCUT2D eigenvalue weighted by atomic mass is 10.6. The minimum atomic E-state index is -0.956. The Morgan fingerprint density at radius 1 is 1.40 bits per heavy atom. The van der Waals surface area contributed by atoms with E-state index >= 15 is 0 Å². The van der Waals surface area contributed by atoms with Crippen LogP contribution in [-0.4, -0.2) is 49.6 Å². The summed E-state index contributed by atoms with van der Waals surface area (Å²) in [6, 6.07) is 0. The van der Waals surface area contributed by atoms with E-state index < -0.39 is 6.29 Å². The van der Waals surface area contributed by atoms with Gasteiger partial charge in [0.15, 0.2) is 6.29 Å². The standard InChI is InChI=1S/C9H18NO5/c1-3-9(11)14-7-5-13-6-8-15-10(12)4-2/h3,9,11H,1,4-8H2,2H3/q-1. The van der Waals surface area contributed by atoms with Crippen molar-refractivity contribution >= 4 is 0 Å². The van der Waals surface area contributed by atoms with E-state index in [0.29, 0.717) is 18.4 Å². The summed E-state index contributed by atoms with van der Waals surface area (Å²) in [4.78, 5) is 4.69. The van der Waals surface area contributed by atoms with Gasteiger partial charge < -0.3 is 24.6 Å². The number of ether oxygens (including phenoxy) is 2. The zero-order valence-corrected chi connectivity index (χ0v) is 8.92. The van der Waals surface area contributed by atoms with Gasteiger partial charge in [0.25, 0.3) is 0 Å². The Morgan fingerprint density at radius 3 is 2.67 bits per heavy atom. The molecule has 0 aliphatic heterocycles. The second-order valence-electron chi connectivity index (χ2n) is 2.59. The van der Waals surface area contributed by atoms with Gasteiger partial charge in [-0.1, -0.05) is 13.5 Å². The SMILES string of the molecule is C=CC(O)OCCOCCON([O-])CC. The summed E-state index contributed by atoms with van der Waals surface area (Å²) < 4.78 is 9.90. The van der Waals surface area contributed by atoms with E-state index in [2.05, 4.69) is 11.4 Å². The van der Waals surface area contributed by atoms with Crippen molar-refractivity contribution in [3.63, 3.8) is 0 Å². The van der Waals surface area contributed by atoms with E-state index in [1.165, 1.54) is 6.08 Å². The minimum absolute atomic E-state index is 0.210. The maximum atomic E-state index is 10.6. The fourth-order valence-electron chi connectivity index (χ4n) is 0.687. The molecular formula is C9H18NO5-. The van der Waals surface area contributed by atoms with E-state index in [1.807, 2.05) is 0 Å². The molecular weight excluding hydrogens is 202 g/mol. The predicted octanol–water partition coefficient (Wildman–Crippen LogP) is 0.275. The van der Waals surface area contributed by atoms with Crippen molar-refractivity contribution in [2.75, 3.05) is 33.0 Å². The number of hydrogen-bond donors (Lipinski definition) is 1. The third kappa shape index (κ3) is 9.80. The van der Waals surface area contributed by atoms with E-state index in [4.69, 9.17) is 14.6 Å². The number of hydroxylamine groups is 2. The number of aliphatic hydroxyl groups is 1. The smallest absolute Gasteiger partial charge is 0.173 e. The summed E-state index contributed by atoms with van der Waals surface area (Å²) in [5.41, 5.74) is 0. The average molecular weight is 220 g/mol. The van der Waals surface area contributed by atoms with Crippen LogP contribution in [0.4, 0.5) is 0 Å². The molecule has 1 unspecified atom stereocenters. The fraction of sp³-hybridized carbons (Fsp3) is 0.778. The summed E-state index contributed by atoms with van der Waals surface area (Å²) in [6.07, 6.45) is 0.321. The molecule has 1 N–H and O–H groups in total. The highest BCUT2D eigenvalue weighted by Gasteiger charge is 1.96. The minimum Gasteiger partial charge on any atom is -0.762 e. The Bertz CT molecular complexity index is 155. The van der Waals surface area contributed by atoms with Crippen LogP contribution < -0.4 is 0 Å². The molecule has 0 aliphatic carbocycles. The summed E-state index contributed by atoms with van der Waals surface area (Å²) in [6.45, 7) is 6.44. The van der Waals surface area contributed by atoms with Crippen molar-refractivity contribution in [3.05, 3.63) is 17.9 Å². The van der Waals surface area contributed by atoms with Crippen molar-refractivity contribution in [2.24, 2.45) is 0 Å². The van der Waals surface area contributed by atoms with E-state index in [-0.39, 0.29) is 19.8 Å². The van der Waals surface area contributed by atoms with Crippen LogP contribution in [0.3, 0.4) is 0 Å². The van der Waals surface area contributed by atoms with Gasteiger partial charge in [-0.3, -0.25) is 5.23 Å². The monoisotopic (exact) mass is 220 g/mol. The Morgan fingerprint density at radius 2 is 2.07 bits per heavy atom. The zero-order chi connectivity index (χ0) is 11.5. The highest BCUT2D eigenvalue weighted by atomic mass is 16.9. The van der Waals surface area contributed by atoms with Gasteiger partial charge in [0, 0.05) is 6.54 Å². The Balaban J connectivity index is 3.08. The van der Waals surface area contributed by atoms with Gasteiger partial charge in [0.1, 0.15) is 0 Å². The van der Waals surface area contributed by atoms with Crippen LogP contribution in [0.15, 0.2) is 12.7 Å². The van der Waals surface area contributed by atoms with Crippen molar-refractivity contribution in [2.45, 2.75) is 13.2 Å². The molecule has 0 saturated heterocycles. The van der Waals surface area contributed by atoms with Crippen LogP contribution in [0, 0.1) is 5.21 Å². The third-order valence-corrected chi connectivity index (χ3v) is 1.44. The van der Waals surface area contributed by atoms with Gasteiger partial charge in [-0.2, -0.15) is 0 Å². The Hall–Kier alpha value is -0.500. The van der Waals surface area contributed by atoms with Crippen molar-refractivity contribution in [1.29, 1.82) is 0 Å². The second-order valence-corrected chi connectivity index (χ2v) is 2.59. The van der Waals surface area contributed by atoms with Crippen molar-refractivity contribution in [1.82, 2.24) is 5.23 Å². The summed E-state index contributed by atoms with van der Waals surface area (Å²) in [5, 5.41) is 20.0. The lowest BCUT2D eigenvalue weighted by molar-refractivity contribution is -0.136. The molecule has 0 aromatic rings. The summed E-state index contributed by atoms with van der Waals surface area (Å²) in [5.74, 6) is 0. The van der Waals surface area contributed by atoms with Gasteiger partial charge in [-0.15, -0.1) is 0 Å².